The molecule has 1 aromatic heterocycles. The van der Waals surface area contributed by atoms with Crippen molar-refractivity contribution in [3.8, 4) is 11.1 Å². The highest BCUT2D eigenvalue weighted by molar-refractivity contribution is 7.89. The zero-order valence-corrected chi connectivity index (χ0v) is 16.0. The number of hydrogen-bond donors (Lipinski definition) is 1. The molecule has 0 bridgehead atoms. The molecule has 8 heteroatoms. The molecule has 0 spiro atoms. The van der Waals surface area contributed by atoms with Crippen LogP contribution in [0.1, 0.15) is 37.9 Å². The van der Waals surface area contributed by atoms with E-state index >= 15 is 0 Å². The topological polar surface area (TPSA) is 92.5 Å². The zero-order valence-electron chi connectivity index (χ0n) is 15.2. The predicted molar refractivity (Wildman–Crippen MR) is 98.4 cm³/mol. The van der Waals surface area contributed by atoms with Crippen molar-refractivity contribution in [2.45, 2.75) is 44.9 Å². The molecule has 0 atom stereocenters. The molecule has 0 saturated carbocycles. The number of amides is 1. The van der Waals surface area contributed by atoms with Gasteiger partial charge in [0.25, 0.3) is 0 Å². The zero-order chi connectivity index (χ0) is 18.9. The molecule has 1 aromatic carbocycles. The second-order valence-electron chi connectivity index (χ2n) is 6.46. The molecular weight excluding hydrogens is 354 g/mol. The van der Waals surface area contributed by atoms with Gasteiger partial charge in [0.05, 0.1) is 16.2 Å². The fourth-order valence-electron chi connectivity index (χ4n) is 3.21. The average molecular weight is 377 g/mol. The number of benzene rings is 1. The number of sulfonamides is 1. The molecule has 0 aliphatic carbocycles. The normalized spacial score (nSPS) is 15.3. The molecule has 1 fully saturated rings. The van der Waals surface area contributed by atoms with E-state index in [9.17, 15) is 13.2 Å². The summed E-state index contributed by atoms with van der Waals surface area (Å²) < 4.78 is 32.8. The Bertz CT molecular complexity index is 928. The Morgan fingerprint density at radius 1 is 1.31 bits per heavy atom. The van der Waals surface area contributed by atoms with Gasteiger partial charge in [0.2, 0.25) is 21.8 Å². The number of carbonyl (C=O) groups is 1. The smallest absolute Gasteiger partial charge is 0.243 e. The number of hydrogen-bond acceptors (Lipinski definition) is 5. The summed E-state index contributed by atoms with van der Waals surface area (Å²) in [5.41, 5.74) is 2.65. The van der Waals surface area contributed by atoms with Gasteiger partial charge >= 0.3 is 0 Å². The molecule has 0 radical (unpaired) electrons. The van der Waals surface area contributed by atoms with Crippen LogP contribution in [0.25, 0.3) is 11.1 Å². The van der Waals surface area contributed by atoms with Crippen LogP contribution in [0.4, 0.5) is 5.88 Å². The van der Waals surface area contributed by atoms with E-state index < -0.39 is 10.0 Å². The number of nitrogens with one attached hydrogen (secondary N) is 1. The number of aromatic nitrogens is 1. The number of carbonyl (C=O) groups excluding carboxylic acids is 1. The van der Waals surface area contributed by atoms with Gasteiger partial charge in [0.15, 0.2) is 0 Å². The third-order valence-corrected chi connectivity index (χ3v) is 6.59. The average Bonchev–Trinajstić information content (AvgIpc) is 3.24. The molecule has 1 aliphatic heterocycles. The van der Waals surface area contributed by atoms with Crippen LogP contribution in [0, 0.1) is 6.92 Å². The molecule has 3 rings (SSSR count). The van der Waals surface area contributed by atoms with Gasteiger partial charge in [-0.25, -0.2) is 8.42 Å². The predicted octanol–water partition coefficient (Wildman–Crippen LogP) is 2.96. The lowest BCUT2D eigenvalue weighted by atomic mass is 10.0. The first-order valence-corrected chi connectivity index (χ1v) is 10.2. The van der Waals surface area contributed by atoms with Crippen molar-refractivity contribution < 1.29 is 17.7 Å². The highest BCUT2D eigenvalue weighted by Crippen LogP contribution is 2.35. The maximum atomic E-state index is 13.0. The van der Waals surface area contributed by atoms with Crippen LogP contribution in [0.2, 0.25) is 0 Å². The fraction of sp³-hybridized carbons (Fsp3) is 0.444. The number of aryl methyl sites for hydroxylation is 2. The molecule has 1 saturated heterocycles. The van der Waals surface area contributed by atoms with E-state index in [4.69, 9.17) is 4.52 Å². The van der Waals surface area contributed by atoms with Crippen molar-refractivity contribution in [1.29, 1.82) is 0 Å². The second kappa shape index (κ2) is 7.20. The summed E-state index contributed by atoms with van der Waals surface area (Å²) in [6, 6.07) is 5.26. The first kappa shape index (κ1) is 18.6. The van der Waals surface area contributed by atoms with E-state index in [0.29, 0.717) is 41.9 Å². The van der Waals surface area contributed by atoms with E-state index in [-0.39, 0.29) is 16.7 Å². The third kappa shape index (κ3) is 3.39. The minimum atomic E-state index is -3.54. The van der Waals surface area contributed by atoms with Crippen LogP contribution < -0.4 is 5.32 Å². The Morgan fingerprint density at radius 2 is 2.00 bits per heavy atom. The van der Waals surface area contributed by atoms with Gasteiger partial charge in [-0.3, -0.25) is 10.1 Å². The van der Waals surface area contributed by atoms with Crippen molar-refractivity contribution in [3.63, 3.8) is 0 Å². The fourth-order valence-corrected chi connectivity index (χ4v) is 4.98. The summed E-state index contributed by atoms with van der Waals surface area (Å²) in [6.07, 6.45) is 2.37. The molecular formula is C18H23N3O4S. The number of anilines is 1. The summed E-state index contributed by atoms with van der Waals surface area (Å²) >= 11 is 0. The molecule has 1 amide bonds. The van der Waals surface area contributed by atoms with Gasteiger partial charge in [-0.15, -0.1) is 0 Å². The molecule has 140 valence electrons. The minimum absolute atomic E-state index is 0.239. The summed E-state index contributed by atoms with van der Waals surface area (Å²) in [7, 11) is -3.54. The molecule has 7 nitrogen and oxygen atoms in total. The van der Waals surface area contributed by atoms with Gasteiger partial charge in [-0.2, -0.15) is 4.31 Å². The van der Waals surface area contributed by atoms with Crippen LogP contribution in [0.5, 0.6) is 0 Å². The molecule has 1 aliphatic rings. The minimum Gasteiger partial charge on any atom is -0.337 e. The monoisotopic (exact) mass is 377 g/mol. The first-order chi connectivity index (χ1) is 12.3. The van der Waals surface area contributed by atoms with Crippen molar-refractivity contribution in [3.05, 3.63) is 29.5 Å². The Balaban J connectivity index is 2.11. The Kier molecular flexibility index (Phi) is 5.15. The molecule has 2 aromatic rings. The van der Waals surface area contributed by atoms with Crippen molar-refractivity contribution >= 4 is 21.8 Å². The summed E-state index contributed by atoms with van der Waals surface area (Å²) in [5, 5.41) is 6.63. The van der Waals surface area contributed by atoms with E-state index in [1.165, 1.54) is 11.2 Å². The standard InChI is InChI=1S/C18H23N3O4S/c1-4-15-17(18(25-20-15)19-13(3)22)14-8-7-12(2)16(11-14)26(23,24)21-9-5-6-10-21/h7-8,11H,4-6,9-10H2,1-3H3,(H,19,22). The van der Waals surface area contributed by atoms with Gasteiger partial charge in [0.1, 0.15) is 0 Å². The lowest BCUT2D eigenvalue weighted by Gasteiger charge is -2.18. The quantitative estimate of drug-likeness (QED) is 0.865. The summed E-state index contributed by atoms with van der Waals surface area (Å²) in [5.74, 6) is -0.0372. The van der Waals surface area contributed by atoms with E-state index in [1.54, 1.807) is 19.1 Å². The van der Waals surface area contributed by atoms with Crippen LogP contribution in [0.3, 0.4) is 0 Å². The van der Waals surface area contributed by atoms with Gasteiger partial charge < -0.3 is 4.52 Å². The van der Waals surface area contributed by atoms with Crippen molar-refractivity contribution in [1.82, 2.24) is 9.46 Å². The highest BCUT2D eigenvalue weighted by atomic mass is 32.2. The molecule has 26 heavy (non-hydrogen) atoms. The van der Waals surface area contributed by atoms with Crippen LogP contribution in [-0.2, 0) is 21.2 Å². The van der Waals surface area contributed by atoms with Crippen LogP contribution in [-0.4, -0.2) is 36.9 Å². The third-order valence-electron chi connectivity index (χ3n) is 4.55. The lowest BCUT2D eigenvalue weighted by molar-refractivity contribution is -0.114. The number of nitrogens with zero attached hydrogens (tertiary/aromatic N) is 2. The molecule has 1 N–H and O–H groups in total. The Hall–Kier alpha value is -2.19. The second-order valence-corrected chi connectivity index (χ2v) is 8.37. The summed E-state index contributed by atoms with van der Waals surface area (Å²) in [4.78, 5) is 11.7. The van der Waals surface area contributed by atoms with Crippen LogP contribution in [0.15, 0.2) is 27.6 Å². The van der Waals surface area contributed by atoms with Crippen molar-refractivity contribution in [2.75, 3.05) is 18.4 Å². The van der Waals surface area contributed by atoms with E-state index in [2.05, 4.69) is 10.5 Å². The SMILES string of the molecule is CCc1noc(NC(C)=O)c1-c1ccc(C)c(S(=O)(=O)N2CCCC2)c1. The Labute approximate surface area is 153 Å². The Morgan fingerprint density at radius 3 is 2.62 bits per heavy atom. The molecule has 2 heterocycles. The van der Waals surface area contributed by atoms with E-state index in [1.807, 2.05) is 13.0 Å². The first-order valence-electron chi connectivity index (χ1n) is 8.72. The van der Waals surface area contributed by atoms with E-state index in [0.717, 1.165) is 12.8 Å². The molecule has 0 unspecified atom stereocenters. The van der Waals surface area contributed by atoms with Gasteiger partial charge in [0, 0.05) is 20.0 Å². The van der Waals surface area contributed by atoms with Gasteiger partial charge in [-0.1, -0.05) is 24.2 Å². The highest BCUT2D eigenvalue weighted by Gasteiger charge is 2.29. The van der Waals surface area contributed by atoms with Crippen molar-refractivity contribution in [2.24, 2.45) is 0 Å². The maximum absolute atomic E-state index is 13.0. The lowest BCUT2D eigenvalue weighted by Crippen LogP contribution is -2.28. The van der Waals surface area contributed by atoms with Crippen LogP contribution >= 0.6 is 0 Å². The number of rotatable bonds is 5. The van der Waals surface area contributed by atoms with Gasteiger partial charge in [-0.05, 0) is 43.4 Å². The summed E-state index contributed by atoms with van der Waals surface area (Å²) in [6.45, 7) is 6.20. The largest absolute Gasteiger partial charge is 0.337 e. The maximum Gasteiger partial charge on any atom is 0.243 e.